The molecule has 2 rings (SSSR count). The van der Waals surface area contributed by atoms with Crippen LogP contribution < -0.4 is 4.31 Å². The highest BCUT2D eigenvalue weighted by atomic mass is 33.2. The summed E-state index contributed by atoms with van der Waals surface area (Å²) in [4.78, 5) is 0. The summed E-state index contributed by atoms with van der Waals surface area (Å²) in [5, 5.41) is 0. The van der Waals surface area contributed by atoms with E-state index in [1.54, 1.807) is 48.5 Å². The Morgan fingerprint density at radius 1 is 0.833 bits per heavy atom. The van der Waals surface area contributed by atoms with Crippen LogP contribution in [0, 0.1) is 0 Å². The number of nitrogens with zero attached hydrogens (tertiary/aromatic N) is 1. The van der Waals surface area contributed by atoms with Crippen molar-refractivity contribution in [2.45, 2.75) is 0 Å². The number of anilines is 2. The number of hydrogen-bond donors (Lipinski definition) is 1. The molecule has 18 heavy (non-hydrogen) atoms. The van der Waals surface area contributed by atoms with E-state index in [0.29, 0.717) is 22.4 Å². The average molecular weight is 281 g/mol. The molecule has 0 aliphatic carbocycles. The molecule has 0 saturated carbocycles. The fraction of sp³-hybridized carbons (Fsp3) is 0. The fourth-order valence-electron chi connectivity index (χ4n) is 1.46. The van der Waals surface area contributed by atoms with Crippen molar-refractivity contribution >= 4 is 31.5 Å². The van der Waals surface area contributed by atoms with Crippen LogP contribution in [-0.4, -0.2) is 13.0 Å². The van der Waals surface area contributed by atoms with Crippen molar-refractivity contribution in [3.8, 4) is 0 Å². The van der Waals surface area contributed by atoms with E-state index in [9.17, 15) is 8.42 Å². The van der Waals surface area contributed by atoms with Gasteiger partial charge in [0.1, 0.15) is 11.0 Å². The second kappa shape index (κ2) is 5.43. The topological polar surface area (TPSA) is 57.6 Å². The zero-order chi connectivity index (χ0) is 13.0. The summed E-state index contributed by atoms with van der Waals surface area (Å²) in [6.45, 7) is 0. The van der Waals surface area contributed by atoms with Crippen molar-refractivity contribution in [2.24, 2.45) is 0 Å². The summed E-state index contributed by atoms with van der Waals surface area (Å²) in [6.07, 6.45) is 0. The van der Waals surface area contributed by atoms with Gasteiger partial charge in [0, 0.05) is 0 Å². The summed E-state index contributed by atoms with van der Waals surface area (Å²) in [5.74, 6) is 0. The summed E-state index contributed by atoms with van der Waals surface area (Å²) in [7, 11) is -3.81. The van der Waals surface area contributed by atoms with Crippen LogP contribution in [0.15, 0.2) is 60.7 Å². The van der Waals surface area contributed by atoms with Gasteiger partial charge in [0.2, 0.25) is 0 Å². The van der Waals surface area contributed by atoms with Crippen molar-refractivity contribution in [2.75, 3.05) is 4.31 Å². The molecule has 0 unspecified atom stereocenters. The lowest BCUT2D eigenvalue weighted by atomic mass is 10.3. The molecular weight excluding hydrogens is 270 g/mol. The second-order valence-electron chi connectivity index (χ2n) is 3.47. The van der Waals surface area contributed by atoms with Gasteiger partial charge in [-0.15, -0.1) is 0 Å². The lowest BCUT2D eigenvalue weighted by Crippen LogP contribution is -2.10. The van der Waals surface area contributed by atoms with Gasteiger partial charge in [0.25, 0.3) is 0 Å². The summed E-state index contributed by atoms with van der Waals surface area (Å²) in [6, 6.07) is 18.0. The van der Waals surface area contributed by atoms with Gasteiger partial charge in [-0.2, -0.15) is 8.42 Å². The number of hydrogen-bond acceptors (Lipinski definition) is 4. The predicted octanol–water partition coefficient (Wildman–Crippen LogP) is 3.28. The normalized spacial score (nSPS) is 11.2. The predicted molar refractivity (Wildman–Crippen MR) is 74.2 cm³/mol. The number of para-hydroxylation sites is 2. The Morgan fingerprint density at radius 2 is 1.22 bits per heavy atom. The summed E-state index contributed by atoms with van der Waals surface area (Å²) >= 11 is 0. The Morgan fingerprint density at radius 3 is 1.56 bits per heavy atom. The molecule has 94 valence electrons. The van der Waals surface area contributed by atoms with E-state index in [1.165, 1.54) is 4.31 Å². The molecule has 0 bridgehead atoms. The van der Waals surface area contributed by atoms with Gasteiger partial charge >= 0.3 is 9.15 Å². The SMILES string of the molecule is O=S(=O)(O)SN(c1ccccc1)c1ccccc1. The lowest BCUT2D eigenvalue weighted by molar-refractivity contribution is 0.503. The van der Waals surface area contributed by atoms with Crippen LogP contribution in [0.2, 0.25) is 0 Å². The van der Waals surface area contributed by atoms with Crippen LogP contribution >= 0.6 is 11.0 Å². The molecule has 0 aliphatic heterocycles. The van der Waals surface area contributed by atoms with Gasteiger partial charge in [-0.3, -0.25) is 8.86 Å². The first-order valence-electron chi connectivity index (χ1n) is 5.13. The Balaban J connectivity index is 2.42. The van der Waals surface area contributed by atoms with Crippen molar-refractivity contribution in [1.29, 1.82) is 0 Å². The molecule has 0 amide bonds. The average Bonchev–Trinajstić information content (AvgIpc) is 2.37. The smallest absolute Gasteiger partial charge is 0.276 e. The van der Waals surface area contributed by atoms with E-state index in [1.807, 2.05) is 12.1 Å². The molecule has 0 spiro atoms. The molecular formula is C12H11NO3S2. The minimum Gasteiger partial charge on any atom is -0.276 e. The van der Waals surface area contributed by atoms with E-state index in [0.717, 1.165) is 0 Å². The van der Waals surface area contributed by atoms with Crippen molar-refractivity contribution in [3.63, 3.8) is 0 Å². The molecule has 6 heteroatoms. The maximum absolute atomic E-state index is 11.1. The Bertz CT molecular complexity index is 560. The largest absolute Gasteiger partial charge is 0.339 e. The molecule has 0 heterocycles. The van der Waals surface area contributed by atoms with Crippen LogP contribution in [0.4, 0.5) is 11.4 Å². The number of benzene rings is 2. The van der Waals surface area contributed by atoms with Gasteiger partial charge in [0.05, 0.1) is 11.4 Å². The first-order valence-corrected chi connectivity index (χ1v) is 7.86. The molecule has 0 radical (unpaired) electrons. The minimum absolute atomic E-state index is 0.369. The van der Waals surface area contributed by atoms with Gasteiger partial charge < -0.3 is 0 Å². The van der Waals surface area contributed by atoms with E-state index in [2.05, 4.69) is 0 Å². The van der Waals surface area contributed by atoms with E-state index >= 15 is 0 Å². The summed E-state index contributed by atoms with van der Waals surface area (Å²) in [5.41, 5.74) is 1.35. The molecule has 0 saturated heterocycles. The van der Waals surface area contributed by atoms with Crippen molar-refractivity contribution in [1.82, 2.24) is 0 Å². The van der Waals surface area contributed by atoms with Crippen LogP contribution in [0.1, 0.15) is 0 Å². The monoisotopic (exact) mass is 281 g/mol. The second-order valence-corrected chi connectivity index (χ2v) is 6.55. The van der Waals surface area contributed by atoms with Crippen LogP contribution in [-0.2, 0) is 9.15 Å². The Labute approximate surface area is 110 Å². The molecule has 0 aromatic heterocycles. The molecule has 0 aliphatic rings. The van der Waals surface area contributed by atoms with Gasteiger partial charge in [0.15, 0.2) is 0 Å². The summed E-state index contributed by atoms with van der Waals surface area (Å²) < 4.78 is 32.6. The highest BCUT2D eigenvalue weighted by molar-refractivity contribution is 8.70. The van der Waals surface area contributed by atoms with E-state index in [-0.39, 0.29) is 0 Å². The zero-order valence-electron chi connectivity index (χ0n) is 9.30. The van der Waals surface area contributed by atoms with Gasteiger partial charge in [-0.05, 0) is 24.3 Å². The molecule has 0 fully saturated rings. The molecule has 2 aromatic carbocycles. The maximum Gasteiger partial charge on any atom is 0.339 e. The molecule has 1 N–H and O–H groups in total. The first-order chi connectivity index (χ1) is 8.56. The van der Waals surface area contributed by atoms with Crippen LogP contribution in [0.3, 0.4) is 0 Å². The third kappa shape index (κ3) is 3.49. The van der Waals surface area contributed by atoms with Crippen LogP contribution in [0.5, 0.6) is 0 Å². The molecule has 2 aromatic rings. The fourth-order valence-corrected chi connectivity index (χ4v) is 3.14. The zero-order valence-corrected chi connectivity index (χ0v) is 10.9. The highest BCUT2D eigenvalue weighted by Crippen LogP contribution is 2.34. The Kier molecular flexibility index (Phi) is 3.90. The van der Waals surface area contributed by atoms with Gasteiger partial charge in [-0.25, -0.2) is 0 Å². The third-order valence-corrected chi connectivity index (χ3v) is 3.92. The lowest BCUT2D eigenvalue weighted by Gasteiger charge is -2.21. The Hall–Kier alpha value is -1.50. The number of rotatable bonds is 4. The van der Waals surface area contributed by atoms with E-state index in [4.69, 9.17) is 4.55 Å². The third-order valence-electron chi connectivity index (χ3n) is 2.15. The minimum atomic E-state index is -4.18. The van der Waals surface area contributed by atoms with Crippen molar-refractivity contribution < 1.29 is 13.0 Å². The van der Waals surface area contributed by atoms with Gasteiger partial charge in [-0.1, -0.05) is 36.4 Å². The maximum atomic E-state index is 11.1. The highest BCUT2D eigenvalue weighted by Gasteiger charge is 2.17. The first kappa shape index (κ1) is 12.9. The molecule has 0 atom stereocenters. The van der Waals surface area contributed by atoms with Crippen molar-refractivity contribution in [3.05, 3.63) is 60.7 Å². The quantitative estimate of drug-likeness (QED) is 0.529. The molecule has 4 nitrogen and oxygen atoms in total. The standard InChI is InChI=1S/C12H11NO3S2/c14-18(15,16)17-13(11-7-3-1-4-8-11)12-9-5-2-6-10-12/h1-10H,(H,14,15,16). The van der Waals surface area contributed by atoms with E-state index < -0.39 is 9.15 Å². The van der Waals surface area contributed by atoms with Crippen LogP contribution in [0.25, 0.3) is 0 Å².